The van der Waals surface area contributed by atoms with Crippen LogP contribution in [-0.2, 0) is 0 Å². The molecule has 0 heterocycles. The highest BCUT2D eigenvalue weighted by Gasteiger charge is 2.16. The molecule has 0 saturated heterocycles. The molecule has 126 valence electrons. The predicted molar refractivity (Wildman–Crippen MR) is 87.2 cm³/mol. The third-order valence-electron chi connectivity index (χ3n) is 3.37. The normalized spacial score (nSPS) is 10.1. The Morgan fingerprint density at radius 1 is 1.04 bits per heavy atom. The first-order valence-electron chi connectivity index (χ1n) is 7.09. The lowest BCUT2D eigenvalue weighted by molar-refractivity contribution is -0.384. The average molecular weight is 331 g/mol. The van der Waals surface area contributed by atoms with E-state index in [0.717, 1.165) is 5.56 Å². The number of ether oxygens (including phenoxy) is 3. The molecule has 24 heavy (non-hydrogen) atoms. The maximum absolute atomic E-state index is 12.4. The number of nitro groups is 1. The summed E-state index contributed by atoms with van der Waals surface area (Å²) >= 11 is 0. The van der Waals surface area contributed by atoms with Gasteiger partial charge in [-0.15, -0.1) is 0 Å². The van der Waals surface area contributed by atoms with Gasteiger partial charge in [0.05, 0.1) is 30.8 Å². The number of aryl methyl sites for hydroxylation is 1. The molecule has 0 bridgehead atoms. The number of carbonyl (C=O) groups is 1. The minimum absolute atomic E-state index is 0.120. The fourth-order valence-electron chi connectivity index (χ4n) is 2.15. The molecule has 0 fully saturated rings. The van der Waals surface area contributed by atoms with Crippen LogP contribution < -0.4 is 14.2 Å². The van der Waals surface area contributed by atoms with E-state index in [4.69, 9.17) is 14.2 Å². The lowest BCUT2D eigenvalue weighted by atomic mass is 10.1. The van der Waals surface area contributed by atoms with Crippen LogP contribution in [0, 0.1) is 17.0 Å². The van der Waals surface area contributed by atoms with Gasteiger partial charge in [0, 0.05) is 6.07 Å². The van der Waals surface area contributed by atoms with Crippen molar-refractivity contribution < 1.29 is 23.9 Å². The molecule has 0 spiro atoms. The minimum atomic E-state index is -0.533. The summed E-state index contributed by atoms with van der Waals surface area (Å²) in [4.78, 5) is 22.6. The molecule has 0 saturated carbocycles. The van der Waals surface area contributed by atoms with Gasteiger partial charge in [-0.2, -0.15) is 0 Å². The van der Waals surface area contributed by atoms with Crippen molar-refractivity contribution >= 4 is 11.5 Å². The summed E-state index contributed by atoms with van der Waals surface area (Å²) in [7, 11) is 2.86. The Hall–Kier alpha value is -3.09. The van der Waals surface area contributed by atoms with Gasteiger partial charge in [0.15, 0.2) is 18.1 Å². The zero-order chi connectivity index (χ0) is 17.7. The van der Waals surface area contributed by atoms with Gasteiger partial charge >= 0.3 is 0 Å². The van der Waals surface area contributed by atoms with Crippen LogP contribution in [-0.4, -0.2) is 31.5 Å². The van der Waals surface area contributed by atoms with E-state index in [2.05, 4.69) is 0 Å². The van der Waals surface area contributed by atoms with E-state index in [9.17, 15) is 14.9 Å². The maximum atomic E-state index is 12.4. The third kappa shape index (κ3) is 3.81. The summed E-state index contributed by atoms with van der Waals surface area (Å²) in [6.07, 6.45) is 0. The molecule has 0 N–H and O–H groups in total. The van der Waals surface area contributed by atoms with Crippen LogP contribution in [0.1, 0.15) is 15.9 Å². The molecule has 0 unspecified atom stereocenters. The van der Waals surface area contributed by atoms with Gasteiger partial charge in [-0.1, -0.05) is 11.6 Å². The monoisotopic (exact) mass is 331 g/mol. The van der Waals surface area contributed by atoms with Crippen molar-refractivity contribution in [3.63, 3.8) is 0 Å². The molecule has 0 aliphatic rings. The quantitative estimate of drug-likeness (QED) is 0.440. The number of ketones is 1. The van der Waals surface area contributed by atoms with Crippen molar-refractivity contribution in [3.05, 3.63) is 57.6 Å². The SMILES string of the molecule is COc1cc([N+](=O)[O-])ccc1OCC(=O)c1cc(C)ccc1OC. The van der Waals surface area contributed by atoms with Gasteiger partial charge in [0.25, 0.3) is 5.69 Å². The second kappa shape index (κ2) is 7.45. The summed E-state index contributed by atoms with van der Waals surface area (Å²) in [5.41, 5.74) is 1.22. The Kier molecular flexibility index (Phi) is 5.36. The molecule has 0 amide bonds. The smallest absolute Gasteiger partial charge is 0.273 e. The largest absolute Gasteiger partial charge is 0.496 e. The zero-order valence-corrected chi connectivity index (χ0v) is 13.6. The molecule has 2 aromatic carbocycles. The van der Waals surface area contributed by atoms with Gasteiger partial charge in [-0.3, -0.25) is 14.9 Å². The molecule has 2 aromatic rings. The van der Waals surface area contributed by atoms with Crippen LogP contribution in [0.4, 0.5) is 5.69 Å². The second-order valence-electron chi connectivity index (χ2n) is 5.01. The Balaban J connectivity index is 2.17. The van der Waals surface area contributed by atoms with Crippen LogP contribution in [0.5, 0.6) is 17.2 Å². The number of hydrogen-bond acceptors (Lipinski definition) is 6. The molecule has 0 atom stereocenters. The molecule has 7 nitrogen and oxygen atoms in total. The molecular formula is C17H17NO6. The van der Waals surface area contributed by atoms with Gasteiger partial charge in [-0.05, 0) is 25.1 Å². The second-order valence-corrected chi connectivity index (χ2v) is 5.01. The molecule has 0 radical (unpaired) electrons. The van der Waals surface area contributed by atoms with Crippen LogP contribution in [0.25, 0.3) is 0 Å². The van der Waals surface area contributed by atoms with Gasteiger partial charge in [0.2, 0.25) is 5.78 Å². The number of benzene rings is 2. The van der Waals surface area contributed by atoms with Crippen LogP contribution in [0.3, 0.4) is 0 Å². The Labute approximate surface area is 138 Å². The van der Waals surface area contributed by atoms with Crippen molar-refractivity contribution in [2.45, 2.75) is 6.92 Å². The summed E-state index contributed by atoms with van der Waals surface area (Å²) in [6, 6.07) is 9.21. The fraction of sp³-hybridized carbons (Fsp3) is 0.235. The Morgan fingerprint density at radius 2 is 1.71 bits per heavy atom. The summed E-state index contributed by atoms with van der Waals surface area (Å²) in [6.45, 7) is 1.63. The van der Waals surface area contributed by atoms with E-state index in [-0.39, 0.29) is 29.6 Å². The van der Waals surface area contributed by atoms with Crippen LogP contribution in [0.15, 0.2) is 36.4 Å². The van der Waals surface area contributed by atoms with E-state index in [0.29, 0.717) is 11.3 Å². The molecule has 2 rings (SSSR count). The first-order chi connectivity index (χ1) is 11.5. The zero-order valence-electron chi connectivity index (χ0n) is 13.6. The Morgan fingerprint density at radius 3 is 2.33 bits per heavy atom. The molecular weight excluding hydrogens is 314 g/mol. The predicted octanol–water partition coefficient (Wildman–Crippen LogP) is 3.18. The standard InChI is InChI=1S/C17H17NO6/c1-11-4-6-15(22-2)13(8-11)14(19)10-24-16-7-5-12(18(20)21)9-17(16)23-3/h4-9H,10H2,1-3H3. The Bertz CT molecular complexity index is 772. The molecule has 0 aliphatic carbocycles. The number of rotatable bonds is 7. The van der Waals surface area contributed by atoms with Crippen molar-refractivity contribution in [2.24, 2.45) is 0 Å². The third-order valence-corrected chi connectivity index (χ3v) is 3.37. The van der Waals surface area contributed by atoms with Crippen molar-refractivity contribution in [1.82, 2.24) is 0 Å². The van der Waals surface area contributed by atoms with Crippen molar-refractivity contribution in [1.29, 1.82) is 0 Å². The highest BCUT2D eigenvalue weighted by Crippen LogP contribution is 2.31. The van der Waals surface area contributed by atoms with Gasteiger partial charge < -0.3 is 14.2 Å². The molecule has 0 aliphatic heterocycles. The summed E-state index contributed by atoms with van der Waals surface area (Å²) in [5, 5.41) is 10.8. The van der Waals surface area contributed by atoms with Crippen molar-refractivity contribution in [3.8, 4) is 17.2 Å². The van der Waals surface area contributed by atoms with Gasteiger partial charge in [0.1, 0.15) is 5.75 Å². The van der Waals surface area contributed by atoms with Crippen LogP contribution >= 0.6 is 0 Å². The number of non-ortho nitro benzene ring substituents is 1. The summed E-state index contributed by atoms with van der Waals surface area (Å²) in [5.74, 6) is 0.636. The van der Waals surface area contributed by atoms with E-state index < -0.39 is 4.92 Å². The lowest BCUT2D eigenvalue weighted by Gasteiger charge is -2.12. The number of nitrogens with zero attached hydrogens (tertiary/aromatic N) is 1. The first kappa shape index (κ1) is 17.3. The maximum Gasteiger partial charge on any atom is 0.273 e. The first-order valence-corrected chi connectivity index (χ1v) is 7.09. The van der Waals surface area contributed by atoms with E-state index >= 15 is 0 Å². The highest BCUT2D eigenvalue weighted by atomic mass is 16.6. The molecule has 0 aromatic heterocycles. The minimum Gasteiger partial charge on any atom is -0.496 e. The van der Waals surface area contributed by atoms with Crippen LogP contribution in [0.2, 0.25) is 0 Å². The lowest BCUT2D eigenvalue weighted by Crippen LogP contribution is -2.13. The fourth-order valence-corrected chi connectivity index (χ4v) is 2.15. The highest BCUT2D eigenvalue weighted by molar-refractivity contribution is 6.00. The van der Waals surface area contributed by atoms with E-state index in [1.54, 1.807) is 12.1 Å². The number of Topliss-reactive ketones (excluding diaryl/α,β-unsaturated/α-hetero) is 1. The molecule has 7 heteroatoms. The topological polar surface area (TPSA) is 87.9 Å². The number of nitro benzene ring substituents is 1. The van der Waals surface area contributed by atoms with Crippen molar-refractivity contribution in [2.75, 3.05) is 20.8 Å². The van der Waals surface area contributed by atoms with Gasteiger partial charge in [-0.25, -0.2) is 0 Å². The number of methoxy groups -OCH3 is 2. The van der Waals surface area contributed by atoms with E-state index in [1.807, 2.05) is 13.0 Å². The number of carbonyl (C=O) groups excluding carboxylic acids is 1. The van der Waals surface area contributed by atoms with E-state index in [1.165, 1.54) is 32.4 Å². The number of hydrogen-bond donors (Lipinski definition) is 0. The average Bonchev–Trinajstić information content (AvgIpc) is 2.59. The summed E-state index contributed by atoms with van der Waals surface area (Å²) < 4.78 is 15.7.